The second-order valence-corrected chi connectivity index (χ2v) is 4.68. The number of thiophene rings is 1. The van der Waals surface area contributed by atoms with Crippen molar-refractivity contribution >= 4 is 27.9 Å². The van der Waals surface area contributed by atoms with Gasteiger partial charge in [0.15, 0.2) is 5.75 Å². The van der Waals surface area contributed by atoms with Crippen LogP contribution in [0.5, 0.6) is 5.75 Å². The zero-order chi connectivity index (χ0) is 13.7. The maximum absolute atomic E-state index is 11.7. The normalized spacial score (nSPS) is 10.2. The van der Waals surface area contributed by atoms with Gasteiger partial charge in [0.25, 0.3) is 5.91 Å². The van der Waals surface area contributed by atoms with Gasteiger partial charge < -0.3 is 25.4 Å². The Morgan fingerprint density at radius 3 is 2.67 bits per heavy atom. The number of methoxy groups -OCH3 is 2. The molecule has 0 saturated heterocycles. The first-order valence-corrected chi connectivity index (χ1v) is 6.26. The number of nitrogens with one attached hydrogen (secondary N) is 1. The van der Waals surface area contributed by atoms with E-state index in [-0.39, 0.29) is 5.91 Å². The molecule has 1 aromatic rings. The highest BCUT2D eigenvalue weighted by Gasteiger charge is 2.23. The number of hydrogen-bond donors (Lipinski definition) is 2. The van der Waals surface area contributed by atoms with Crippen molar-refractivity contribution in [3.05, 3.63) is 4.88 Å². The number of nitrogen functional groups attached to an aromatic ring is 1. The van der Waals surface area contributed by atoms with E-state index in [0.29, 0.717) is 29.5 Å². The summed E-state index contributed by atoms with van der Waals surface area (Å²) in [6.07, 6.45) is 0. The smallest absolute Gasteiger partial charge is 0.263 e. The second kappa shape index (κ2) is 6.46. The number of amides is 1. The minimum Gasteiger partial charge on any atom is -0.492 e. The van der Waals surface area contributed by atoms with Gasteiger partial charge in [-0.25, -0.2) is 0 Å². The first-order chi connectivity index (χ1) is 8.56. The molecule has 0 aliphatic heterocycles. The summed E-state index contributed by atoms with van der Waals surface area (Å²) in [7, 11) is 6.66. The van der Waals surface area contributed by atoms with Gasteiger partial charge in [-0.3, -0.25) is 4.79 Å². The van der Waals surface area contributed by atoms with Crippen molar-refractivity contribution in [2.24, 2.45) is 0 Å². The van der Waals surface area contributed by atoms with Crippen LogP contribution in [0, 0.1) is 0 Å². The molecule has 0 spiro atoms. The lowest BCUT2D eigenvalue weighted by Crippen LogP contribution is -2.21. The minimum atomic E-state index is -0.206. The molecule has 0 aromatic carbocycles. The Hall–Kier alpha value is -1.47. The number of ether oxygens (including phenoxy) is 2. The van der Waals surface area contributed by atoms with Gasteiger partial charge in [-0.05, 0) is 0 Å². The number of carbonyl (C=O) groups is 1. The first kappa shape index (κ1) is 14.6. The molecule has 1 heterocycles. The molecule has 0 unspecified atom stereocenters. The molecule has 0 bridgehead atoms. The standard InChI is InChI=1S/C11H19N3O3S/c1-13-10(15)9-7(12)8(17-4)11(18-9)14(2)5-6-16-3/h5-6,12H2,1-4H3,(H,13,15). The number of hydrogen-bond acceptors (Lipinski definition) is 6. The van der Waals surface area contributed by atoms with E-state index in [2.05, 4.69) is 5.32 Å². The molecule has 1 amide bonds. The summed E-state index contributed by atoms with van der Waals surface area (Å²) in [6.45, 7) is 1.28. The maximum Gasteiger partial charge on any atom is 0.263 e. The van der Waals surface area contributed by atoms with E-state index in [1.165, 1.54) is 11.3 Å². The van der Waals surface area contributed by atoms with Gasteiger partial charge in [0.2, 0.25) is 0 Å². The third kappa shape index (κ3) is 2.85. The van der Waals surface area contributed by atoms with Crippen LogP contribution in [0.2, 0.25) is 0 Å². The van der Waals surface area contributed by atoms with Crippen LogP contribution in [0.3, 0.4) is 0 Å². The first-order valence-electron chi connectivity index (χ1n) is 5.45. The van der Waals surface area contributed by atoms with Crippen molar-refractivity contribution in [3.8, 4) is 5.75 Å². The largest absolute Gasteiger partial charge is 0.492 e. The van der Waals surface area contributed by atoms with E-state index in [1.54, 1.807) is 21.3 Å². The molecule has 0 radical (unpaired) electrons. The van der Waals surface area contributed by atoms with Crippen molar-refractivity contribution < 1.29 is 14.3 Å². The van der Waals surface area contributed by atoms with Crippen LogP contribution in [0.15, 0.2) is 0 Å². The number of carbonyl (C=O) groups excluding carboxylic acids is 1. The topological polar surface area (TPSA) is 76.8 Å². The summed E-state index contributed by atoms with van der Waals surface area (Å²) in [5.41, 5.74) is 6.30. The molecule has 6 nitrogen and oxygen atoms in total. The molecular weight excluding hydrogens is 254 g/mol. The Labute approximate surface area is 111 Å². The van der Waals surface area contributed by atoms with Gasteiger partial charge in [-0.15, -0.1) is 11.3 Å². The molecule has 0 atom stereocenters. The molecule has 0 aliphatic carbocycles. The SMILES string of the molecule is CNC(=O)c1sc(N(C)CCOC)c(OC)c1N. The third-order valence-electron chi connectivity index (χ3n) is 2.50. The van der Waals surface area contributed by atoms with Crippen molar-refractivity contribution in [2.45, 2.75) is 0 Å². The lowest BCUT2D eigenvalue weighted by atomic mass is 10.3. The minimum absolute atomic E-state index is 0.206. The lowest BCUT2D eigenvalue weighted by Gasteiger charge is -2.17. The molecule has 0 fully saturated rings. The number of nitrogens with two attached hydrogens (primary N) is 1. The van der Waals surface area contributed by atoms with Gasteiger partial charge in [0.05, 0.1) is 13.7 Å². The quantitative estimate of drug-likeness (QED) is 0.801. The highest BCUT2D eigenvalue weighted by atomic mass is 32.1. The average molecular weight is 273 g/mol. The van der Waals surface area contributed by atoms with Crippen molar-refractivity contribution in [1.82, 2.24) is 5.32 Å². The van der Waals surface area contributed by atoms with Crippen molar-refractivity contribution in [1.29, 1.82) is 0 Å². The molecule has 1 aromatic heterocycles. The summed E-state index contributed by atoms with van der Waals surface area (Å²) in [5.74, 6) is 0.333. The Balaban J connectivity index is 3.07. The predicted octanol–water partition coefficient (Wildman–Crippen LogP) is 0.781. The number of anilines is 2. The third-order valence-corrected chi connectivity index (χ3v) is 3.80. The Morgan fingerprint density at radius 1 is 1.50 bits per heavy atom. The Bertz CT molecular complexity index is 420. The zero-order valence-corrected chi connectivity index (χ0v) is 11.9. The van der Waals surface area contributed by atoms with Gasteiger partial charge in [-0.2, -0.15) is 0 Å². The van der Waals surface area contributed by atoms with Crippen LogP contribution in [-0.2, 0) is 4.74 Å². The molecule has 102 valence electrons. The number of rotatable bonds is 6. The second-order valence-electron chi connectivity index (χ2n) is 3.68. The van der Waals surface area contributed by atoms with E-state index < -0.39 is 0 Å². The Kier molecular flexibility index (Phi) is 5.24. The highest BCUT2D eigenvalue weighted by molar-refractivity contribution is 7.19. The molecule has 7 heteroatoms. The summed E-state index contributed by atoms with van der Waals surface area (Å²) in [6, 6.07) is 0. The highest BCUT2D eigenvalue weighted by Crippen LogP contribution is 2.44. The van der Waals surface area contributed by atoms with Crippen molar-refractivity contribution in [3.63, 3.8) is 0 Å². The molecular formula is C11H19N3O3S. The van der Waals surface area contributed by atoms with E-state index >= 15 is 0 Å². The summed E-state index contributed by atoms with van der Waals surface area (Å²) < 4.78 is 10.3. The fraction of sp³-hybridized carbons (Fsp3) is 0.545. The Morgan fingerprint density at radius 2 is 2.17 bits per heavy atom. The molecule has 0 saturated carbocycles. The fourth-order valence-corrected chi connectivity index (χ4v) is 2.60. The molecule has 18 heavy (non-hydrogen) atoms. The van der Waals surface area contributed by atoms with Crippen LogP contribution in [0.4, 0.5) is 10.7 Å². The van der Waals surface area contributed by atoms with Crippen LogP contribution < -0.4 is 20.7 Å². The van der Waals surface area contributed by atoms with E-state index in [4.69, 9.17) is 15.2 Å². The molecule has 3 N–H and O–H groups in total. The van der Waals surface area contributed by atoms with E-state index in [9.17, 15) is 4.79 Å². The van der Waals surface area contributed by atoms with Crippen LogP contribution in [0.25, 0.3) is 0 Å². The monoisotopic (exact) mass is 273 g/mol. The van der Waals surface area contributed by atoms with Gasteiger partial charge >= 0.3 is 0 Å². The fourth-order valence-electron chi connectivity index (χ4n) is 1.48. The zero-order valence-electron chi connectivity index (χ0n) is 11.1. The van der Waals surface area contributed by atoms with E-state index in [1.807, 2.05) is 11.9 Å². The van der Waals surface area contributed by atoms with Gasteiger partial charge in [0, 0.05) is 27.7 Å². The van der Waals surface area contributed by atoms with Crippen LogP contribution in [0.1, 0.15) is 9.67 Å². The maximum atomic E-state index is 11.7. The van der Waals surface area contributed by atoms with Crippen LogP contribution >= 0.6 is 11.3 Å². The van der Waals surface area contributed by atoms with E-state index in [0.717, 1.165) is 5.00 Å². The number of nitrogens with zero attached hydrogens (tertiary/aromatic N) is 1. The van der Waals surface area contributed by atoms with Crippen molar-refractivity contribution in [2.75, 3.05) is 52.1 Å². The predicted molar refractivity (Wildman–Crippen MR) is 73.8 cm³/mol. The van der Waals surface area contributed by atoms with Crippen LogP contribution in [-0.4, -0.2) is 47.4 Å². The number of likely N-dealkylation sites (N-methyl/N-ethyl adjacent to an activating group) is 1. The van der Waals surface area contributed by atoms with Gasteiger partial charge in [0.1, 0.15) is 15.6 Å². The summed E-state index contributed by atoms with van der Waals surface area (Å²) in [4.78, 5) is 14.1. The lowest BCUT2D eigenvalue weighted by molar-refractivity contribution is 0.0967. The van der Waals surface area contributed by atoms with Gasteiger partial charge in [-0.1, -0.05) is 0 Å². The summed E-state index contributed by atoms with van der Waals surface area (Å²) in [5, 5.41) is 3.39. The molecule has 1 rings (SSSR count). The molecule has 0 aliphatic rings. The average Bonchev–Trinajstić information content (AvgIpc) is 2.72. The summed E-state index contributed by atoms with van der Waals surface area (Å²) >= 11 is 1.31.